The summed E-state index contributed by atoms with van der Waals surface area (Å²) in [5.74, 6) is -0.919. The highest BCUT2D eigenvalue weighted by Gasteiger charge is 2.23. The third-order valence-corrected chi connectivity index (χ3v) is 1.97. The van der Waals surface area contributed by atoms with E-state index in [1.165, 1.54) is 0 Å². The van der Waals surface area contributed by atoms with Gasteiger partial charge in [-0.15, -0.1) is 0 Å². The molecule has 82 valence electrons. The van der Waals surface area contributed by atoms with Gasteiger partial charge in [-0.3, -0.25) is 9.59 Å². The van der Waals surface area contributed by atoms with Gasteiger partial charge in [0, 0.05) is 13.0 Å². The van der Waals surface area contributed by atoms with Gasteiger partial charge in [-0.05, 0) is 12.8 Å². The molecule has 2 N–H and O–H groups in total. The number of nitrogens with two attached hydrogens (primary N) is 1. The molecule has 14 heavy (non-hydrogen) atoms. The van der Waals surface area contributed by atoms with Crippen molar-refractivity contribution in [3.8, 4) is 0 Å². The highest BCUT2D eigenvalue weighted by atomic mass is 16.5. The molecule has 4 heteroatoms. The standard InChI is InChI=1S/C10H19NO3/c1-4-14-6-5-8(12)10(13)9(11)7(2)3/h7,9H,4-6,11H2,1-3H3/t9-/m0/s1. The van der Waals surface area contributed by atoms with Crippen molar-refractivity contribution in [2.75, 3.05) is 13.2 Å². The first kappa shape index (κ1) is 13.3. The zero-order chi connectivity index (χ0) is 11.1. The van der Waals surface area contributed by atoms with Crippen LogP contribution in [0.3, 0.4) is 0 Å². The molecule has 1 atom stereocenters. The highest BCUT2D eigenvalue weighted by Crippen LogP contribution is 2.01. The Hall–Kier alpha value is -0.740. The Bertz CT molecular complexity index is 202. The number of ether oxygens (including phenoxy) is 1. The van der Waals surface area contributed by atoms with Crippen LogP contribution in [0.15, 0.2) is 0 Å². The zero-order valence-corrected chi connectivity index (χ0v) is 9.08. The molecule has 0 rings (SSSR count). The van der Waals surface area contributed by atoms with Crippen molar-refractivity contribution < 1.29 is 14.3 Å². The second-order valence-corrected chi connectivity index (χ2v) is 3.50. The molecule has 0 unspecified atom stereocenters. The Kier molecular flexibility index (Phi) is 6.32. The molecule has 4 nitrogen and oxygen atoms in total. The number of carbonyl (C=O) groups excluding carboxylic acids is 2. The number of hydrogen-bond acceptors (Lipinski definition) is 4. The quantitative estimate of drug-likeness (QED) is 0.482. The van der Waals surface area contributed by atoms with Crippen LogP contribution in [-0.2, 0) is 14.3 Å². The lowest BCUT2D eigenvalue weighted by molar-refractivity contribution is -0.138. The second kappa shape index (κ2) is 6.68. The summed E-state index contributed by atoms with van der Waals surface area (Å²) in [5, 5.41) is 0. The lowest BCUT2D eigenvalue weighted by Crippen LogP contribution is -2.40. The summed E-state index contributed by atoms with van der Waals surface area (Å²) >= 11 is 0. The van der Waals surface area contributed by atoms with Gasteiger partial charge in [-0.2, -0.15) is 0 Å². The van der Waals surface area contributed by atoms with E-state index < -0.39 is 17.6 Å². The molecule has 0 saturated carbocycles. The van der Waals surface area contributed by atoms with E-state index in [1.807, 2.05) is 20.8 Å². The van der Waals surface area contributed by atoms with E-state index >= 15 is 0 Å². The average molecular weight is 201 g/mol. The Morgan fingerprint density at radius 1 is 1.36 bits per heavy atom. The Morgan fingerprint density at radius 3 is 2.36 bits per heavy atom. The summed E-state index contributed by atoms with van der Waals surface area (Å²) in [6, 6.07) is -0.677. The Morgan fingerprint density at radius 2 is 1.93 bits per heavy atom. The van der Waals surface area contributed by atoms with E-state index in [0.29, 0.717) is 13.2 Å². The van der Waals surface area contributed by atoms with E-state index in [0.717, 1.165) is 0 Å². The van der Waals surface area contributed by atoms with Gasteiger partial charge in [0.15, 0.2) is 0 Å². The molecule has 0 radical (unpaired) electrons. The van der Waals surface area contributed by atoms with Gasteiger partial charge in [0.1, 0.15) is 0 Å². The van der Waals surface area contributed by atoms with Crippen molar-refractivity contribution in [1.82, 2.24) is 0 Å². The van der Waals surface area contributed by atoms with E-state index in [2.05, 4.69) is 0 Å². The molecule has 0 aromatic carbocycles. The van der Waals surface area contributed by atoms with Crippen LogP contribution in [0.4, 0.5) is 0 Å². The van der Waals surface area contributed by atoms with Gasteiger partial charge < -0.3 is 10.5 Å². The fourth-order valence-electron chi connectivity index (χ4n) is 0.921. The Labute approximate surface area is 84.8 Å². The lowest BCUT2D eigenvalue weighted by Gasteiger charge is -2.12. The molecule has 0 spiro atoms. The van der Waals surface area contributed by atoms with Crippen LogP contribution < -0.4 is 5.73 Å². The first-order chi connectivity index (χ1) is 6.50. The van der Waals surface area contributed by atoms with E-state index in [9.17, 15) is 9.59 Å². The molecular weight excluding hydrogens is 182 g/mol. The van der Waals surface area contributed by atoms with Crippen molar-refractivity contribution in [3.05, 3.63) is 0 Å². The monoisotopic (exact) mass is 201 g/mol. The highest BCUT2D eigenvalue weighted by molar-refractivity contribution is 6.39. The van der Waals surface area contributed by atoms with Gasteiger partial charge in [-0.25, -0.2) is 0 Å². The fraction of sp³-hybridized carbons (Fsp3) is 0.800. The van der Waals surface area contributed by atoms with Crippen LogP contribution >= 0.6 is 0 Å². The largest absolute Gasteiger partial charge is 0.381 e. The predicted octanol–water partition coefficient (Wildman–Crippen LogP) is 0.534. The van der Waals surface area contributed by atoms with Crippen LogP contribution in [-0.4, -0.2) is 30.8 Å². The molecular formula is C10H19NO3. The third kappa shape index (κ3) is 4.48. The predicted molar refractivity (Wildman–Crippen MR) is 53.9 cm³/mol. The number of rotatable bonds is 7. The van der Waals surface area contributed by atoms with Crippen molar-refractivity contribution in [2.24, 2.45) is 11.7 Å². The molecule has 0 aliphatic carbocycles. The third-order valence-electron chi connectivity index (χ3n) is 1.97. The minimum absolute atomic E-state index is 0.00135. The van der Waals surface area contributed by atoms with Crippen molar-refractivity contribution >= 4 is 11.6 Å². The smallest absolute Gasteiger partial charge is 0.215 e. The van der Waals surface area contributed by atoms with Crippen LogP contribution in [0.25, 0.3) is 0 Å². The molecule has 0 saturated heterocycles. The van der Waals surface area contributed by atoms with Gasteiger partial charge in [0.05, 0.1) is 12.6 Å². The summed E-state index contributed by atoms with van der Waals surface area (Å²) in [4.78, 5) is 22.6. The molecule has 0 fully saturated rings. The van der Waals surface area contributed by atoms with Crippen LogP contribution in [0.2, 0.25) is 0 Å². The normalized spacial score (nSPS) is 12.9. The van der Waals surface area contributed by atoms with Gasteiger partial charge in [0.25, 0.3) is 0 Å². The minimum Gasteiger partial charge on any atom is -0.381 e. The maximum absolute atomic E-state index is 11.3. The topological polar surface area (TPSA) is 69.4 Å². The maximum atomic E-state index is 11.3. The molecule has 0 bridgehead atoms. The van der Waals surface area contributed by atoms with E-state index in [1.54, 1.807) is 0 Å². The number of carbonyl (C=O) groups is 2. The molecule has 0 heterocycles. The van der Waals surface area contributed by atoms with Crippen molar-refractivity contribution in [2.45, 2.75) is 33.2 Å². The maximum Gasteiger partial charge on any atom is 0.215 e. The van der Waals surface area contributed by atoms with Crippen LogP contribution in [0.5, 0.6) is 0 Å². The lowest BCUT2D eigenvalue weighted by atomic mass is 9.97. The second-order valence-electron chi connectivity index (χ2n) is 3.50. The summed E-state index contributed by atoms with van der Waals surface area (Å²) in [6.45, 7) is 6.33. The summed E-state index contributed by atoms with van der Waals surface area (Å²) in [7, 11) is 0. The summed E-state index contributed by atoms with van der Waals surface area (Å²) in [6.07, 6.45) is 0.132. The molecule has 0 aromatic rings. The zero-order valence-electron chi connectivity index (χ0n) is 9.08. The number of ketones is 2. The molecule has 0 amide bonds. The fourth-order valence-corrected chi connectivity index (χ4v) is 0.921. The first-order valence-corrected chi connectivity index (χ1v) is 4.91. The van der Waals surface area contributed by atoms with Gasteiger partial charge >= 0.3 is 0 Å². The number of Topliss-reactive ketones (excluding diaryl/α,β-unsaturated/α-hetero) is 2. The van der Waals surface area contributed by atoms with Gasteiger partial charge in [-0.1, -0.05) is 13.8 Å². The first-order valence-electron chi connectivity index (χ1n) is 4.91. The van der Waals surface area contributed by atoms with Crippen molar-refractivity contribution in [1.29, 1.82) is 0 Å². The SMILES string of the molecule is CCOCCC(=O)C(=O)[C@@H](N)C(C)C. The molecule has 0 aliphatic rings. The number of hydrogen-bond donors (Lipinski definition) is 1. The van der Waals surface area contributed by atoms with Gasteiger partial charge in [0.2, 0.25) is 11.6 Å². The van der Waals surface area contributed by atoms with Crippen LogP contribution in [0.1, 0.15) is 27.2 Å². The summed E-state index contributed by atoms with van der Waals surface area (Å²) < 4.78 is 4.98. The molecule has 0 aliphatic heterocycles. The van der Waals surface area contributed by atoms with E-state index in [4.69, 9.17) is 10.5 Å². The minimum atomic E-state index is -0.677. The molecule has 0 aromatic heterocycles. The van der Waals surface area contributed by atoms with Crippen LogP contribution in [0, 0.1) is 5.92 Å². The average Bonchev–Trinajstić information content (AvgIpc) is 2.15. The summed E-state index contributed by atoms with van der Waals surface area (Å²) in [5.41, 5.74) is 5.55. The van der Waals surface area contributed by atoms with Crippen molar-refractivity contribution in [3.63, 3.8) is 0 Å². The Balaban J connectivity index is 3.93. The van der Waals surface area contributed by atoms with E-state index in [-0.39, 0.29) is 12.3 Å².